The second-order valence-corrected chi connectivity index (χ2v) is 8.61. The van der Waals surface area contributed by atoms with Crippen LogP contribution in [0, 0.1) is 6.92 Å². The maximum atomic E-state index is 13.1. The van der Waals surface area contributed by atoms with E-state index < -0.39 is 11.2 Å². The Kier molecular flexibility index (Phi) is 6.21. The van der Waals surface area contributed by atoms with Gasteiger partial charge in [-0.2, -0.15) is 0 Å². The number of nitrogens with one attached hydrogen (secondary N) is 2. The Morgan fingerprint density at radius 2 is 1.78 bits per heavy atom. The summed E-state index contributed by atoms with van der Waals surface area (Å²) >= 11 is 0. The number of fused-ring (bicyclic) bond motifs is 1. The van der Waals surface area contributed by atoms with Gasteiger partial charge in [-0.25, -0.2) is 9.36 Å². The standard InChI is InChI=1S/C25H24N6O5/c1-16-13-21(28-36-16)27-22(32)15-29-9-11-30(12-10-29)23(33)17-7-8-19-20(14-17)26-25(35)31(24(19)34)18-5-3-2-4-6-18/h2-8,13-14H,9-12,15H2,1H3,(H,26,35)(H,27,28,32). The molecule has 0 unspecified atom stereocenters. The van der Waals surface area contributed by atoms with Crippen molar-refractivity contribution in [1.82, 2.24) is 24.5 Å². The first-order valence-corrected chi connectivity index (χ1v) is 11.5. The molecule has 4 aromatic rings. The molecule has 0 spiro atoms. The molecule has 1 fully saturated rings. The average Bonchev–Trinajstić information content (AvgIpc) is 3.28. The lowest BCUT2D eigenvalue weighted by atomic mass is 10.1. The summed E-state index contributed by atoms with van der Waals surface area (Å²) in [7, 11) is 0. The van der Waals surface area contributed by atoms with Crippen LogP contribution in [0.5, 0.6) is 0 Å². The minimum absolute atomic E-state index is 0.179. The second-order valence-electron chi connectivity index (χ2n) is 8.61. The van der Waals surface area contributed by atoms with Gasteiger partial charge in [-0.1, -0.05) is 23.4 Å². The molecular formula is C25H24N6O5. The molecule has 3 heterocycles. The number of carbonyl (C=O) groups excluding carboxylic acids is 2. The summed E-state index contributed by atoms with van der Waals surface area (Å²) in [5, 5.41) is 6.75. The number of hydrogen-bond acceptors (Lipinski definition) is 7. The summed E-state index contributed by atoms with van der Waals surface area (Å²) in [6, 6.07) is 15.0. The van der Waals surface area contributed by atoms with E-state index in [0.717, 1.165) is 4.57 Å². The summed E-state index contributed by atoms with van der Waals surface area (Å²) < 4.78 is 6.02. The molecule has 0 bridgehead atoms. The number of aromatic nitrogens is 3. The average molecular weight is 489 g/mol. The fourth-order valence-electron chi connectivity index (χ4n) is 4.26. The number of anilines is 1. The summed E-state index contributed by atoms with van der Waals surface area (Å²) in [5.41, 5.74) is 0.125. The third-order valence-electron chi connectivity index (χ3n) is 6.08. The van der Waals surface area contributed by atoms with E-state index in [1.165, 1.54) is 6.07 Å². The molecule has 2 aromatic heterocycles. The number of benzene rings is 2. The number of para-hydroxylation sites is 1. The number of amides is 2. The predicted molar refractivity (Wildman–Crippen MR) is 132 cm³/mol. The van der Waals surface area contributed by atoms with Gasteiger partial charge in [0, 0.05) is 37.8 Å². The summed E-state index contributed by atoms with van der Waals surface area (Å²) in [5.74, 6) is 0.572. The number of aromatic amines is 1. The van der Waals surface area contributed by atoms with E-state index in [2.05, 4.69) is 15.5 Å². The minimum Gasteiger partial charge on any atom is -0.360 e. The summed E-state index contributed by atoms with van der Waals surface area (Å²) in [6.45, 7) is 3.87. The lowest BCUT2D eigenvalue weighted by Crippen LogP contribution is -2.50. The molecule has 0 saturated carbocycles. The molecule has 184 valence electrons. The monoisotopic (exact) mass is 488 g/mol. The number of piperazine rings is 1. The lowest BCUT2D eigenvalue weighted by molar-refractivity contribution is -0.117. The van der Waals surface area contributed by atoms with Crippen molar-refractivity contribution in [3.8, 4) is 5.69 Å². The van der Waals surface area contributed by atoms with E-state index in [1.54, 1.807) is 60.4 Å². The maximum Gasteiger partial charge on any atom is 0.333 e. The van der Waals surface area contributed by atoms with E-state index in [0.29, 0.717) is 59.9 Å². The lowest BCUT2D eigenvalue weighted by Gasteiger charge is -2.34. The largest absolute Gasteiger partial charge is 0.360 e. The van der Waals surface area contributed by atoms with Gasteiger partial charge in [0.1, 0.15) is 5.76 Å². The number of nitrogens with zero attached hydrogens (tertiary/aromatic N) is 4. The zero-order valence-corrected chi connectivity index (χ0v) is 19.6. The quantitative estimate of drug-likeness (QED) is 0.433. The summed E-state index contributed by atoms with van der Waals surface area (Å²) in [4.78, 5) is 57.3. The van der Waals surface area contributed by atoms with Crippen molar-refractivity contribution in [2.24, 2.45) is 0 Å². The zero-order valence-electron chi connectivity index (χ0n) is 19.6. The number of carbonyl (C=O) groups is 2. The predicted octanol–water partition coefficient (Wildman–Crippen LogP) is 1.37. The van der Waals surface area contributed by atoms with E-state index in [9.17, 15) is 19.2 Å². The molecule has 1 aliphatic heterocycles. The van der Waals surface area contributed by atoms with E-state index >= 15 is 0 Å². The number of H-pyrrole nitrogens is 1. The van der Waals surface area contributed by atoms with Crippen molar-refractivity contribution in [3.63, 3.8) is 0 Å². The Hall–Kier alpha value is -4.51. The molecule has 0 atom stereocenters. The van der Waals surface area contributed by atoms with Crippen molar-refractivity contribution in [2.45, 2.75) is 6.92 Å². The second kappa shape index (κ2) is 9.62. The third-order valence-corrected chi connectivity index (χ3v) is 6.08. The molecule has 5 rings (SSSR count). The van der Waals surface area contributed by atoms with Gasteiger partial charge < -0.3 is 19.7 Å². The highest BCUT2D eigenvalue weighted by Gasteiger charge is 2.24. The molecule has 36 heavy (non-hydrogen) atoms. The van der Waals surface area contributed by atoms with Gasteiger partial charge >= 0.3 is 5.69 Å². The molecule has 2 aromatic carbocycles. The van der Waals surface area contributed by atoms with Gasteiger partial charge in [-0.05, 0) is 37.3 Å². The van der Waals surface area contributed by atoms with Crippen molar-refractivity contribution >= 4 is 28.5 Å². The van der Waals surface area contributed by atoms with Gasteiger partial charge in [0.2, 0.25) is 5.91 Å². The molecule has 2 amide bonds. The third kappa shape index (κ3) is 4.68. The zero-order chi connectivity index (χ0) is 25.2. The first kappa shape index (κ1) is 23.2. The highest BCUT2D eigenvalue weighted by atomic mass is 16.5. The highest BCUT2D eigenvalue weighted by molar-refractivity contribution is 5.97. The van der Waals surface area contributed by atoms with Crippen LogP contribution in [0.15, 0.2) is 68.7 Å². The molecule has 11 heteroatoms. The Morgan fingerprint density at radius 3 is 2.47 bits per heavy atom. The van der Waals surface area contributed by atoms with Gasteiger partial charge in [0.25, 0.3) is 11.5 Å². The van der Waals surface area contributed by atoms with Gasteiger partial charge in [-0.3, -0.25) is 19.3 Å². The Morgan fingerprint density at radius 1 is 1.03 bits per heavy atom. The van der Waals surface area contributed by atoms with Crippen LogP contribution < -0.4 is 16.6 Å². The molecule has 0 radical (unpaired) electrons. The van der Waals surface area contributed by atoms with Crippen LogP contribution >= 0.6 is 0 Å². The smallest absolute Gasteiger partial charge is 0.333 e. The SMILES string of the molecule is Cc1cc(NC(=O)CN2CCN(C(=O)c3ccc4c(=O)n(-c5ccccc5)c(=O)[nH]c4c3)CC2)no1. The molecule has 2 N–H and O–H groups in total. The van der Waals surface area contributed by atoms with Crippen molar-refractivity contribution in [3.05, 3.63) is 86.8 Å². The fraction of sp³-hybridized carbons (Fsp3) is 0.240. The van der Waals surface area contributed by atoms with Crippen LogP contribution in [-0.4, -0.2) is 69.0 Å². The molecular weight excluding hydrogens is 464 g/mol. The van der Waals surface area contributed by atoms with Crippen LogP contribution in [0.25, 0.3) is 16.6 Å². The Balaban J connectivity index is 1.26. The van der Waals surface area contributed by atoms with Crippen LogP contribution in [0.4, 0.5) is 5.82 Å². The van der Waals surface area contributed by atoms with Crippen LogP contribution in [-0.2, 0) is 4.79 Å². The fourth-order valence-corrected chi connectivity index (χ4v) is 4.26. The Bertz CT molecular complexity index is 1550. The number of rotatable bonds is 5. The van der Waals surface area contributed by atoms with Crippen LogP contribution in [0.1, 0.15) is 16.1 Å². The molecule has 1 saturated heterocycles. The highest BCUT2D eigenvalue weighted by Crippen LogP contribution is 2.15. The van der Waals surface area contributed by atoms with Crippen molar-refractivity contribution in [1.29, 1.82) is 0 Å². The van der Waals surface area contributed by atoms with Crippen LogP contribution in [0.3, 0.4) is 0 Å². The van der Waals surface area contributed by atoms with Crippen molar-refractivity contribution < 1.29 is 14.1 Å². The topological polar surface area (TPSA) is 134 Å². The van der Waals surface area contributed by atoms with Crippen LogP contribution in [0.2, 0.25) is 0 Å². The van der Waals surface area contributed by atoms with Gasteiger partial charge in [0.05, 0.1) is 23.1 Å². The molecule has 1 aliphatic rings. The first-order chi connectivity index (χ1) is 17.4. The molecule has 0 aliphatic carbocycles. The van der Waals surface area contributed by atoms with Crippen molar-refractivity contribution in [2.75, 3.05) is 38.0 Å². The summed E-state index contributed by atoms with van der Waals surface area (Å²) in [6.07, 6.45) is 0. The first-order valence-electron chi connectivity index (χ1n) is 11.5. The minimum atomic E-state index is -0.573. The number of aryl methyl sites for hydroxylation is 1. The molecule has 11 nitrogen and oxygen atoms in total. The van der Waals surface area contributed by atoms with E-state index in [-0.39, 0.29) is 18.4 Å². The van der Waals surface area contributed by atoms with E-state index in [4.69, 9.17) is 4.52 Å². The number of hydrogen-bond donors (Lipinski definition) is 2. The normalized spacial score (nSPS) is 14.2. The maximum absolute atomic E-state index is 13.1. The van der Waals surface area contributed by atoms with Gasteiger partial charge in [0.15, 0.2) is 5.82 Å². The van der Waals surface area contributed by atoms with Gasteiger partial charge in [-0.15, -0.1) is 0 Å². The van der Waals surface area contributed by atoms with E-state index in [1.807, 2.05) is 4.90 Å². The Labute approximate surface area is 204 Å².